The monoisotopic (exact) mass is 392 g/mol. The van der Waals surface area contributed by atoms with Crippen LogP contribution in [0.4, 0.5) is 10.1 Å². The lowest BCUT2D eigenvalue weighted by Gasteiger charge is -2.09. The molecule has 4 aromatic rings. The average Bonchev–Trinajstić information content (AvgIpc) is 3.08. The highest BCUT2D eigenvalue weighted by Crippen LogP contribution is 2.24. The van der Waals surface area contributed by atoms with E-state index in [1.807, 2.05) is 32.0 Å². The molecular weight excluding hydrogens is 375 g/mol. The number of hydrogen-bond donors (Lipinski definition) is 1. The van der Waals surface area contributed by atoms with Gasteiger partial charge in [0.15, 0.2) is 0 Å². The van der Waals surface area contributed by atoms with Crippen LogP contribution in [-0.4, -0.2) is 20.6 Å². The third-order valence-corrected chi connectivity index (χ3v) is 4.38. The molecule has 2 aromatic heterocycles. The van der Waals surface area contributed by atoms with Gasteiger partial charge in [0.2, 0.25) is 5.91 Å². The molecule has 1 amide bonds. The van der Waals surface area contributed by atoms with E-state index in [0.717, 1.165) is 11.1 Å². The highest BCUT2D eigenvalue weighted by molar-refractivity contribution is 5.91. The first kappa shape index (κ1) is 18.5. The molecule has 1 N–H and O–H groups in total. The van der Waals surface area contributed by atoms with Gasteiger partial charge >= 0.3 is 0 Å². The maximum atomic E-state index is 13.6. The average molecular weight is 392 g/mol. The predicted octanol–water partition coefficient (Wildman–Crippen LogP) is 3.45. The van der Waals surface area contributed by atoms with Gasteiger partial charge in [0.05, 0.1) is 0 Å². The van der Waals surface area contributed by atoms with E-state index in [9.17, 15) is 14.0 Å². The van der Waals surface area contributed by atoms with Gasteiger partial charge in [-0.3, -0.25) is 14.2 Å². The van der Waals surface area contributed by atoms with Gasteiger partial charge in [0.1, 0.15) is 29.8 Å². The number of carbonyl (C=O) groups excluding carboxylic acids is 1. The van der Waals surface area contributed by atoms with Crippen LogP contribution in [0, 0.1) is 19.7 Å². The molecule has 2 aromatic carbocycles. The fourth-order valence-corrected chi connectivity index (χ4v) is 3.23. The molecule has 8 heteroatoms. The van der Waals surface area contributed by atoms with Crippen molar-refractivity contribution in [2.45, 2.75) is 20.4 Å². The Kier molecular flexibility index (Phi) is 4.67. The third kappa shape index (κ3) is 3.77. The zero-order valence-electron chi connectivity index (χ0n) is 15.8. The van der Waals surface area contributed by atoms with E-state index in [1.165, 1.54) is 29.1 Å². The van der Waals surface area contributed by atoms with Crippen LogP contribution in [0.1, 0.15) is 11.1 Å². The lowest BCUT2D eigenvalue weighted by atomic mass is 10.1. The Bertz CT molecular complexity index is 1270. The summed E-state index contributed by atoms with van der Waals surface area (Å²) in [4.78, 5) is 29.4. The molecule has 0 saturated heterocycles. The van der Waals surface area contributed by atoms with Gasteiger partial charge in [-0.2, -0.15) is 0 Å². The first-order chi connectivity index (χ1) is 13.9. The molecule has 0 spiro atoms. The minimum Gasteiger partial charge on any atom is -0.335 e. The number of carbonyl (C=O) groups is 1. The minimum absolute atomic E-state index is 0.0280. The number of aromatic nitrogens is 3. The number of anilines is 1. The van der Waals surface area contributed by atoms with Gasteiger partial charge in [-0.1, -0.05) is 23.4 Å². The molecule has 0 unspecified atom stereocenters. The quantitative estimate of drug-likeness (QED) is 0.575. The van der Waals surface area contributed by atoms with Crippen LogP contribution in [0.3, 0.4) is 0 Å². The van der Waals surface area contributed by atoms with E-state index >= 15 is 0 Å². The normalized spacial score (nSPS) is 11.0. The van der Waals surface area contributed by atoms with Gasteiger partial charge in [0, 0.05) is 11.3 Å². The lowest BCUT2D eigenvalue weighted by molar-refractivity contribution is -0.116. The van der Waals surface area contributed by atoms with Crippen molar-refractivity contribution in [3.63, 3.8) is 0 Å². The second kappa shape index (κ2) is 7.31. The van der Waals surface area contributed by atoms with Crippen LogP contribution in [0.25, 0.3) is 22.4 Å². The van der Waals surface area contributed by atoms with Crippen molar-refractivity contribution < 1.29 is 13.7 Å². The van der Waals surface area contributed by atoms with Crippen LogP contribution < -0.4 is 10.9 Å². The fraction of sp³-hybridized carbons (Fsp3) is 0.143. The van der Waals surface area contributed by atoms with Crippen molar-refractivity contribution >= 4 is 22.7 Å². The summed E-state index contributed by atoms with van der Waals surface area (Å²) in [5.41, 5.74) is 2.79. The Morgan fingerprint density at radius 2 is 1.93 bits per heavy atom. The lowest BCUT2D eigenvalue weighted by Crippen LogP contribution is -2.27. The molecule has 0 aliphatic heterocycles. The Labute approximate surface area is 164 Å². The largest absolute Gasteiger partial charge is 0.335 e. The van der Waals surface area contributed by atoms with E-state index in [4.69, 9.17) is 4.52 Å². The van der Waals surface area contributed by atoms with E-state index in [-0.39, 0.29) is 29.2 Å². The fourth-order valence-electron chi connectivity index (χ4n) is 3.23. The summed E-state index contributed by atoms with van der Waals surface area (Å²) < 4.78 is 19.8. The number of nitrogens with one attached hydrogen (secondary N) is 1. The Morgan fingerprint density at radius 3 is 2.66 bits per heavy atom. The maximum absolute atomic E-state index is 13.6. The van der Waals surface area contributed by atoms with Crippen LogP contribution >= 0.6 is 0 Å². The number of halogens is 1. The summed E-state index contributed by atoms with van der Waals surface area (Å²) in [5, 5.41) is 6.73. The Morgan fingerprint density at radius 1 is 1.17 bits per heavy atom. The summed E-state index contributed by atoms with van der Waals surface area (Å²) in [6.07, 6.45) is 1.23. The number of rotatable bonds is 4. The SMILES string of the molecule is Cc1cc(C)cc(NC(=O)Cn2cnc3onc(-c4cccc(F)c4)c3c2=O)c1. The van der Waals surface area contributed by atoms with E-state index < -0.39 is 11.4 Å². The number of benzene rings is 2. The molecule has 0 saturated carbocycles. The van der Waals surface area contributed by atoms with E-state index in [2.05, 4.69) is 15.5 Å². The molecular formula is C21H17FN4O3. The summed E-state index contributed by atoms with van der Waals surface area (Å²) in [5.74, 6) is -0.835. The van der Waals surface area contributed by atoms with Crippen LogP contribution in [0.5, 0.6) is 0 Å². The smallest absolute Gasteiger partial charge is 0.267 e. The van der Waals surface area contributed by atoms with Gasteiger partial charge in [-0.05, 0) is 49.2 Å². The third-order valence-electron chi connectivity index (χ3n) is 4.38. The van der Waals surface area contributed by atoms with Crippen LogP contribution in [0.15, 0.2) is 58.1 Å². The van der Waals surface area contributed by atoms with Crippen LogP contribution in [0.2, 0.25) is 0 Å². The number of hydrogen-bond acceptors (Lipinski definition) is 5. The molecule has 7 nitrogen and oxygen atoms in total. The van der Waals surface area contributed by atoms with Crippen molar-refractivity contribution in [1.29, 1.82) is 0 Å². The first-order valence-corrected chi connectivity index (χ1v) is 8.89. The van der Waals surface area contributed by atoms with Crippen molar-refractivity contribution in [3.8, 4) is 11.3 Å². The van der Waals surface area contributed by atoms with Crippen molar-refractivity contribution in [1.82, 2.24) is 14.7 Å². The number of nitrogens with zero attached hydrogens (tertiary/aromatic N) is 3. The molecule has 0 atom stereocenters. The highest BCUT2D eigenvalue weighted by atomic mass is 19.1. The first-order valence-electron chi connectivity index (χ1n) is 8.89. The Balaban J connectivity index is 1.66. The van der Waals surface area contributed by atoms with Gasteiger partial charge in [-0.25, -0.2) is 9.37 Å². The number of aryl methyl sites for hydroxylation is 2. The van der Waals surface area contributed by atoms with Gasteiger partial charge in [0.25, 0.3) is 11.3 Å². The molecule has 4 rings (SSSR count). The maximum Gasteiger partial charge on any atom is 0.267 e. The molecule has 29 heavy (non-hydrogen) atoms. The van der Waals surface area contributed by atoms with Crippen LogP contribution in [-0.2, 0) is 11.3 Å². The molecule has 0 fully saturated rings. The molecule has 146 valence electrons. The second-order valence-electron chi connectivity index (χ2n) is 6.82. The summed E-state index contributed by atoms with van der Waals surface area (Å²) in [6, 6.07) is 11.4. The topological polar surface area (TPSA) is 90.0 Å². The standard InChI is InChI=1S/C21H17FN4O3/c1-12-6-13(2)8-16(7-12)24-17(27)10-26-11-23-20-18(21(26)28)19(25-29-20)14-4-3-5-15(22)9-14/h3-9,11H,10H2,1-2H3,(H,24,27). The van der Waals surface area contributed by atoms with Crippen molar-refractivity contribution in [3.05, 3.63) is 76.1 Å². The van der Waals surface area contributed by atoms with Crippen molar-refractivity contribution in [2.24, 2.45) is 0 Å². The molecule has 0 aliphatic carbocycles. The van der Waals surface area contributed by atoms with E-state index in [1.54, 1.807) is 6.07 Å². The summed E-state index contributed by atoms with van der Waals surface area (Å²) in [6.45, 7) is 3.64. The zero-order valence-corrected chi connectivity index (χ0v) is 15.8. The molecule has 0 radical (unpaired) electrons. The highest BCUT2D eigenvalue weighted by Gasteiger charge is 2.18. The molecule has 0 aliphatic rings. The predicted molar refractivity (Wildman–Crippen MR) is 106 cm³/mol. The van der Waals surface area contributed by atoms with Gasteiger partial charge in [-0.15, -0.1) is 0 Å². The molecule has 0 bridgehead atoms. The minimum atomic E-state index is -0.494. The number of amides is 1. The zero-order chi connectivity index (χ0) is 20.5. The number of fused-ring (bicyclic) bond motifs is 1. The second-order valence-corrected chi connectivity index (χ2v) is 6.82. The summed E-state index contributed by atoms with van der Waals surface area (Å²) in [7, 11) is 0. The van der Waals surface area contributed by atoms with E-state index in [0.29, 0.717) is 11.3 Å². The summed E-state index contributed by atoms with van der Waals surface area (Å²) >= 11 is 0. The Hall–Kier alpha value is -3.81. The van der Waals surface area contributed by atoms with Gasteiger partial charge < -0.3 is 9.84 Å². The molecule has 2 heterocycles. The van der Waals surface area contributed by atoms with Crippen molar-refractivity contribution in [2.75, 3.05) is 5.32 Å².